The van der Waals surface area contributed by atoms with Crippen LogP contribution >= 0.6 is 0 Å². The molecule has 0 saturated heterocycles. The van der Waals surface area contributed by atoms with Gasteiger partial charge in [0.1, 0.15) is 17.1 Å². The van der Waals surface area contributed by atoms with E-state index < -0.39 is 28.1 Å². The van der Waals surface area contributed by atoms with Crippen molar-refractivity contribution in [1.82, 2.24) is 9.62 Å². The smallest absolute Gasteiger partial charge is 0.287 e. The lowest BCUT2D eigenvalue weighted by molar-refractivity contribution is 0.0756. The van der Waals surface area contributed by atoms with Crippen LogP contribution in [0.4, 0.5) is 0 Å². The van der Waals surface area contributed by atoms with E-state index in [4.69, 9.17) is 9.15 Å². The van der Waals surface area contributed by atoms with Gasteiger partial charge in [0.2, 0.25) is 10.0 Å². The van der Waals surface area contributed by atoms with Crippen LogP contribution in [0.1, 0.15) is 30.0 Å². The maximum Gasteiger partial charge on any atom is 0.287 e. The summed E-state index contributed by atoms with van der Waals surface area (Å²) in [6.45, 7) is 3.72. The van der Waals surface area contributed by atoms with Gasteiger partial charge >= 0.3 is 0 Å². The van der Waals surface area contributed by atoms with Crippen molar-refractivity contribution in [2.24, 2.45) is 5.92 Å². The Morgan fingerprint density at radius 2 is 1.70 bits per heavy atom. The summed E-state index contributed by atoms with van der Waals surface area (Å²) in [5.74, 6) is -0.00373. The zero-order chi connectivity index (χ0) is 28.9. The van der Waals surface area contributed by atoms with E-state index in [2.05, 4.69) is 5.32 Å². The molecule has 212 valence electrons. The number of aliphatic hydroxyl groups is 1. The molecular weight excluding hydrogens is 532 g/mol. The number of rotatable bonds is 12. The van der Waals surface area contributed by atoms with E-state index in [9.17, 15) is 23.4 Å². The number of aliphatic hydroxyl groups excluding tert-OH is 1. The van der Waals surface area contributed by atoms with Crippen LogP contribution in [0.3, 0.4) is 0 Å². The second kappa shape index (κ2) is 12.5. The normalized spacial score (nSPS) is 13.4. The van der Waals surface area contributed by atoms with Crippen molar-refractivity contribution >= 4 is 26.9 Å². The summed E-state index contributed by atoms with van der Waals surface area (Å²) in [5, 5.41) is 24.6. The Hall–Kier alpha value is -3.86. The van der Waals surface area contributed by atoms with Crippen LogP contribution < -0.4 is 10.1 Å². The van der Waals surface area contributed by atoms with E-state index in [0.29, 0.717) is 16.7 Å². The van der Waals surface area contributed by atoms with Crippen molar-refractivity contribution in [3.05, 3.63) is 90.2 Å². The summed E-state index contributed by atoms with van der Waals surface area (Å²) in [6.07, 6.45) is -0.989. The number of phenols is 1. The second-order valence-corrected chi connectivity index (χ2v) is 12.0. The molecule has 4 aromatic rings. The van der Waals surface area contributed by atoms with Crippen molar-refractivity contribution < 1.29 is 32.6 Å². The fraction of sp³-hybridized carbons (Fsp3) is 0.300. The molecule has 1 amide bonds. The molecule has 2 atom stereocenters. The van der Waals surface area contributed by atoms with E-state index >= 15 is 0 Å². The standard InChI is InChI=1S/C30H34N2O7S/c1-20(2)18-32(40(36,37)25-12-10-24(38-3)11-13-25)19-27(34)26(15-21-7-5-4-6-8-21)31-30(35)29-17-22-16-23(33)9-14-28(22)39-29/h4-14,16-17,20,26-27,33-34H,15,18-19H2,1-3H3,(H,31,35)/t26-,27+/m0/s1. The van der Waals surface area contributed by atoms with Gasteiger partial charge in [-0.05, 0) is 66.4 Å². The Balaban J connectivity index is 1.60. The highest BCUT2D eigenvalue weighted by Gasteiger charge is 2.32. The number of hydrogen-bond acceptors (Lipinski definition) is 7. The minimum absolute atomic E-state index is 0.00996. The highest BCUT2D eigenvalue weighted by atomic mass is 32.2. The van der Waals surface area contributed by atoms with Gasteiger partial charge in [-0.3, -0.25) is 4.79 Å². The molecule has 1 heterocycles. The molecule has 0 aliphatic rings. The van der Waals surface area contributed by atoms with Gasteiger partial charge in [0.05, 0.1) is 24.2 Å². The predicted octanol–water partition coefficient (Wildman–Crippen LogP) is 4.20. The van der Waals surface area contributed by atoms with Crippen LogP contribution in [0.25, 0.3) is 11.0 Å². The second-order valence-electron chi connectivity index (χ2n) is 10.1. The fourth-order valence-electron chi connectivity index (χ4n) is 4.44. The van der Waals surface area contributed by atoms with Gasteiger partial charge in [-0.1, -0.05) is 44.2 Å². The number of carbonyl (C=O) groups excluding carboxylic acids is 1. The van der Waals surface area contributed by atoms with Crippen LogP contribution in [-0.2, 0) is 16.4 Å². The maximum atomic E-state index is 13.6. The van der Waals surface area contributed by atoms with E-state index in [-0.39, 0.29) is 41.8 Å². The Morgan fingerprint density at radius 3 is 2.35 bits per heavy atom. The number of aromatic hydroxyl groups is 1. The van der Waals surface area contributed by atoms with Crippen LogP contribution in [0, 0.1) is 5.92 Å². The molecule has 0 spiro atoms. The molecule has 40 heavy (non-hydrogen) atoms. The molecule has 0 unspecified atom stereocenters. The molecule has 3 aromatic carbocycles. The van der Waals surface area contributed by atoms with Gasteiger partial charge in [-0.2, -0.15) is 4.31 Å². The number of sulfonamides is 1. The average Bonchev–Trinajstić information content (AvgIpc) is 3.36. The molecule has 0 radical (unpaired) electrons. The lowest BCUT2D eigenvalue weighted by atomic mass is 10.0. The third-order valence-electron chi connectivity index (χ3n) is 6.46. The summed E-state index contributed by atoms with van der Waals surface area (Å²) in [5.41, 5.74) is 1.28. The number of benzene rings is 3. The highest BCUT2D eigenvalue weighted by molar-refractivity contribution is 7.89. The van der Waals surface area contributed by atoms with Crippen molar-refractivity contribution in [1.29, 1.82) is 0 Å². The number of furan rings is 1. The largest absolute Gasteiger partial charge is 0.508 e. The summed E-state index contributed by atoms with van der Waals surface area (Å²) < 4.78 is 39.3. The molecule has 1 aromatic heterocycles. The van der Waals surface area contributed by atoms with Crippen LogP contribution in [0.2, 0.25) is 0 Å². The zero-order valence-electron chi connectivity index (χ0n) is 22.7. The molecule has 0 saturated carbocycles. The van der Waals surface area contributed by atoms with Crippen molar-refractivity contribution in [3.8, 4) is 11.5 Å². The summed E-state index contributed by atoms with van der Waals surface area (Å²) >= 11 is 0. The third-order valence-corrected chi connectivity index (χ3v) is 8.31. The summed E-state index contributed by atoms with van der Waals surface area (Å²) in [7, 11) is -2.46. The summed E-state index contributed by atoms with van der Waals surface area (Å²) in [6, 6.07) is 20.6. The predicted molar refractivity (Wildman–Crippen MR) is 152 cm³/mol. The number of hydrogen-bond donors (Lipinski definition) is 3. The van der Waals surface area contributed by atoms with Gasteiger partial charge in [0.25, 0.3) is 5.91 Å². The fourth-order valence-corrected chi connectivity index (χ4v) is 6.07. The van der Waals surface area contributed by atoms with E-state index in [1.54, 1.807) is 18.2 Å². The van der Waals surface area contributed by atoms with E-state index in [0.717, 1.165) is 5.56 Å². The first kappa shape index (κ1) is 29.1. The van der Waals surface area contributed by atoms with Crippen LogP contribution in [0.15, 0.2) is 88.2 Å². The van der Waals surface area contributed by atoms with E-state index in [1.807, 2.05) is 44.2 Å². The molecule has 4 rings (SSSR count). The first-order valence-electron chi connectivity index (χ1n) is 13.0. The molecule has 0 aliphatic heterocycles. The zero-order valence-corrected chi connectivity index (χ0v) is 23.5. The topological polar surface area (TPSA) is 129 Å². The lowest BCUT2D eigenvalue weighted by Crippen LogP contribution is -2.51. The molecule has 0 fully saturated rings. The number of nitrogens with one attached hydrogen (secondary N) is 1. The first-order chi connectivity index (χ1) is 19.1. The average molecular weight is 567 g/mol. The van der Waals surface area contributed by atoms with Crippen LogP contribution in [0.5, 0.6) is 11.5 Å². The number of ether oxygens (including phenoxy) is 1. The first-order valence-corrected chi connectivity index (χ1v) is 14.4. The number of phenolic OH excluding ortho intramolecular Hbond substituents is 1. The van der Waals surface area contributed by atoms with Crippen molar-refractivity contribution in [2.45, 2.75) is 37.3 Å². The van der Waals surface area contributed by atoms with Crippen LogP contribution in [-0.4, -0.2) is 61.2 Å². The Bertz CT molecular complexity index is 1530. The van der Waals surface area contributed by atoms with Crippen molar-refractivity contribution in [2.75, 3.05) is 20.2 Å². The minimum atomic E-state index is -3.96. The number of carbonyl (C=O) groups is 1. The monoisotopic (exact) mass is 566 g/mol. The Kier molecular flexibility index (Phi) is 9.14. The van der Waals surface area contributed by atoms with Gasteiger partial charge in [-0.15, -0.1) is 0 Å². The molecule has 9 nitrogen and oxygen atoms in total. The van der Waals surface area contributed by atoms with Crippen molar-refractivity contribution in [3.63, 3.8) is 0 Å². The minimum Gasteiger partial charge on any atom is -0.508 e. The molecule has 0 aliphatic carbocycles. The molecule has 3 N–H and O–H groups in total. The quantitative estimate of drug-likeness (QED) is 0.234. The Labute approximate surface area is 234 Å². The number of fused-ring (bicyclic) bond motifs is 1. The maximum absolute atomic E-state index is 13.6. The molecular formula is C30H34N2O7S. The lowest BCUT2D eigenvalue weighted by Gasteiger charge is -2.30. The van der Waals surface area contributed by atoms with Gasteiger partial charge in [0, 0.05) is 18.5 Å². The SMILES string of the molecule is COc1ccc(S(=O)(=O)N(CC(C)C)C[C@@H](O)[C@H](Cc2ccccc2)NC(=O)c2cc3cc(O)ccc3o2)cc1. The number of amides is 1. The highest BCUT2D eigenvalue weighted by Crippen LogP contribution is 2.25. The summed E-state index contributed by atoms with van der Waals surface area (Å²) in [4.78, 5) is 13.3. The van der Waals surface area contributed by atoms with E-state index in [1.165, 1.54) is 41.7 Å². The van der Waals surface area contributed by atoms with Gasteiger partial charge in [-0.25, -0.2) is 8.42 Å². The Morgan fingerprint density at radius 1 is 1.00 bits per heavy atom. The number of methoxy groups -OCH3 is 1. The third kappa shape index (κ3) is 7.01. The van der Waals surface area contributed by atoms with Gasteiger partial charge < -0.3 is 24.7 Å². The number of nitrogens with zero attached hydrogens (tertiary/aromatic N) is 1. The van der Waals surface area contributed by atoms with Gasteiger partial charge in [0.15, 0.2) is 5.76 Å². The molecule has 10 heteroatoms. The molecule has 0 bridgehead atoms.